The Morgan fingerprint density at radius 3 is 2.35 bits per heavy atom. The Morgan fingerprint density at radius 2 is 1.70 bits per heavy atom. The van der Waals surface area contributed by atoms with Gasteiger partial charge in [-0.15, -0.1) is 0 Å². The summed E-state index contributed by atoms with van der Waals surface area (Å²) in [5, 5.41) is 0. The third-order valence-electron chi connectivity index (χ3n) is 3.65. The number of para-hydroxylation sites is 1. The van der Waals surface area contributed by atoms with E-state index in [1.807, 2.05) is 0 Å². The molecule has 0 spiro atoms. The molecule has 1 atom stereocenters. The highest BCUT2D eigenvalue weighted by Gasteiger charge is 2.45. The van der Waals surface area contributed by atoms with Crippen molar-refractivity contribution >= 4 is 11.6 Å². The zero-order chi connectivity index (χ0) is 16.7. The molecule has 120 valence electrons. The van der Waals surface area contributed by atoms with Crippen molar-refractivity contribution in [2.75, 3.05) is 0 Å². The number of alkyl halides is 3. The van der Waals surface area contributed by atoms with Crippen LogP contribution in [0.3, 0.4) is 0 Å². The fourth-order valence-electron chi connectivity index (χ4n) is 2.65. The van der Waals surface area contributed by atoms with Crippen molar-refractivity contribution in [2.45, 2.75) is 25.1 Å². The van der Waals surface area contributed by atoms with Gasteiger partial charge in [0, 0.05) is 11.1 Å². The summed E-state index contributed by atoms with van der Waals surface area (Å²) in [5.41, 5.74) is -0.359. The average Bonchev–Trinajstić information content (AvgIpc) is 2.46. The van der Waals surface area contributed by atoms with Crippen LogP contribution in [0, 0.1) is 5.82 Å². The lowest BCUT2D eigenvalue weighted by Gasteiger charge is -2.36. The van der Waals surface area contributed by atoms with Gasteiger partial charge < -0.3 is 4.74 Å². The molecule has 1 heterocycles. The van der Waals surface area contributed by atoms with Crippen molar-refractivity contribution in [1.29, 1.82) is 0 Å². The van der Waals surface area contributed by atoms with Gasteiger partial charge in [-0.25, -0.2) is 9.38 Å². The molecule has 6 heteroatoms. The monoisotopic (exact) mass is 323 g/mol. The van der Waals surface area contributed by atoms with Gasteiger partial charge in [0.25, 0.3) is 0 Å². The van der Waals surface area contributed by atoms with Crippen LogP contribution in [0.25, 0.3) is 0 Å². The molecule has 1 aliphatic rings. The minimum Gasteiger partial charge on any atom is -0.466 e. The van der Waals surface area contributed by atoms with Crippen molar-refractivity contribution in [2.24, 2.45) is 4.99 Å². The zero-order valence-corrected chi connectivity index (χ0v) is 12.2. The van der Waals surface area contributed by atoms with Crippen molar-refractivity contribution in [3.05, 3.63) is 65.5 Å². The van der Waals surface area contributed by atoms with Crippen LogP contribution < -0.4 is 0 Å². The lowest BCUT2D eigenvalue weighted by atomic mass is 9.89. The Hall–Kier alpha value is -2.37. The topological polar surface area (TPSA) is 21.6 Å². The summed E-state index contributed by atoms with van der Waals surface area (Å²) in [5.74, 6) is -0.390. The number of nitrogens with zero attached hydrogens (tertiary/aromatic N) is 1. The van der Waals surface area contributed by atoms with Crippen LogP contribution in [0.1, 0.15) is 24.5 Å². The lowest BCUT2D eigenvalue weighted by molar-refractivity contribution is -0.171. The predicted molar refractivity (Wildman–Crippen MR) is 78.1 cm³/mol. The van der Waals surface area contributed by atoms with Gasteiger partial charge in [0.2, 0.25) is 5.90 Å². The second-order valence-electron chi connectivity index (χ2n) is 5.57. The van der Waals surface area contributed by atoms with E-state index in [0.29, 0.717) is 16.8 Å². The highest BCUT2D eigenvalue weighted by molar-refractivity contribution is 5.97. The van der Waals surface area contributed by atoms with Crippen LogP contribution in [-0.2, 0) is 10.3 Å². The quantitative estimate of drug-likeness (QED) is 0.705. The minimum absolute atomic E-state index is 0.0513. The number of benzene rings is 2. The molecule has 2 aromatic rings. The summed E-state index contributed by atoms with van der Waals surface area (Å²) in [6, 6.07) is 11.8. The van der Waals surface area contributed by atoms with E-state index in [9.17, 15) is 17.6 Å². The van der Waals surface area contributed by atoms with Crippen LogP contribution in [0.5, 0.6) is 0 Å². The standard InChI is InChI=1S/C17H13F4NO/c1-16(10-17(19,20)21)13-4-2-3-5-14(13)22-15(23-16)11-6-8-12(18)9-7-11/h2-9H,10H2,1H3/t16-/m0/s1. The van der Waals surface area contributed by atoms with E-state index >= 15 is 0 Å². The maximum absolute atomic E-state index is 13.0. The Morgan fingerprint density at radius 1 is 1.04 bits per heavy atom. The maximum atomic E-state index is 13.0. The molecule has 23 heavy (non-hydrogen) atoms. The van der Waals surface area contributed by atoms with Gasteiger partial charge in [0.1, 0.15) is 11.4 Å². The Balaban J connectivity index is 2.08. The molecule has 3 rings (SSSR count). The molecule has 1 aliphatic heterocycles. The van der Waals surface area contributed by atoms with E-state index in [1.165, 1.54) is 31.2 Å². The van der Waals surface area contributed by atoms with Gasteiger partial charge in [-0.1, -0.05) is 18.2 Å². The summed E-state index contributed by atoms with van der Waals surface area (Å²) in [4.78, 5) is 4.28. The lowest BCUT2D eigenvalue weighted by Crippen LogP contribution is -2.36. The average molecular weight is 323 g/mol. The van der Waals surface area contributed by atoms with Crippen molar-refractivity contribution in [3.63, 3.8) is 0 Å². The molecule has 0 amide bonds. The summed E-state index contributed by atoms with van der Waals surface area (Å²) < 4.78 is 57.6. The van der Waals surface area contributed by atoms with Crippen LogP contribution in [0.2, 0.25) is 0 Å². The number of hydrogen-bond acceptors (Lipinski definition) is 2. The zero-order valence-electron chi connectivity index (χ0n) is 12.2. The first kappa shape index (κ1) is 15.5. The molecule has 2 aromatic carbocycles. The Bertz CT molecular complexity index is 752. The number of fused-ring (bicyclic) bond motifs is 1. The first-order valence-electron chi connectivity index (χ1n) is 6.97. The summed E-state index contributed by atoms with van der Waals surface area (Å²) in [7, 11) is 0. The molecular weight excluding hydrogens is 310 g/mol. The van der Waals surface area contributed by atoms with Crippen LogP contribution in [0.15, 0.2) is 53.5 Å². The fourth-order valence-corrected chi connectivity index (χ4v) is 2.65. The Kier molecular flexibility index (Phi) is 3.62. The van der Waals surface area contributed by atoms with E-state index in [0.717, 1.165) is 0 Å². The van der Waals surface area contributed by atoms with Gasteiger partial charge in [-0.05, 0) is 37.3 Å². The third kappa shape index (κ3) is 3.21. The SMILES string of the molecule is C[C@@]1(CC(F)(F)F)OC(c2ccc(F)cc2)=Nc2ccccc21. The first-order chi connectivity index (χ1) is 10.8. The van der Waals surface area contributed by atoms with Gasteiger partial charge in [-0.2, -0.15) is 13.2 Å². The van der Waals surface area contributed by atoms with Gasteiger partial charge >= 0.3 is 6.18 Å². The number of rotatable bonds is 2. The normalized spacial score (nSPS) is 20.5. The van der Waals surface area contributed by atoms with E-state index in [-0.39, 0.29) is 5.90 Å². The summed E-state index contributed by atoms with van der Waals surface area (Å²) in [6.07, 6.45) is -5.54. The van der Waals surface area contributed by atoms with Crippen LogP contribution in [0.4, 0.5) is 23.2 Å². The third-order valence-corrected chi connectivity index (χ3v) is 3.65. The van der Waals surface area contributed by atoms with E-state index in [4.69, 9.17) is 4.74 Å². The molecule has 0 saturated heterocycles. The van der Waals surface area contributed by atoms with E-state index in [1.54, 1.807) is 24.3 Å². The molecule has 0 fully saturated rings. The number of aliphatic imine (C=N–C) groups is 1. The van der Waals surface area contributed by atoms with Crippen molar-refractivity contribution in [1.82, 2.24) is 0 Å². The number of halogens is 4. The van der Waals surface area contributed by atoms with Crippen molar-refractivity contribution < 1.29 is 22.3 Å². The highest BCUT2D eigenvalue weighted by Crippen LogP contribution is 2.44. The molecule has 0 saturated carbocycles. The second-order valence-corrected chi connectivity index (χ2v) is 5.57. The van der Waals surface area contributed by atoms with E-state index in [2.05, 4.69) is 4.99 Å². The minimum atomic E-state index is -4.40. The number of hydrogen-bond donors (Lipinski definition) is 0. The summed E-state index contributed by atoms with van der Waals surface area (Å²) in [6.45, 7) is 1.39. The van der Waals surface area contributed by atoms with Crippen LogP contribution in [-0.4, -0.2) is 12.1 Å². The molecule has 0 unspecified atom stereocenters. The fraction of sp³-hybridized carbons (Fsp3) is 0.235. The smallest absolute Gasteiger partial charge is 0.393 e. The molecule has 0 aliphatic carbocycles. The predicted octanol–water partition coefficient (Wildman–Crippen LogP) is 5.10. The molecule has 0 bridgehead atoms. The first-order valence-corrected chi connectivity index (χ1v) is 6.97. The second kappa shape index (κ2) is 5.37. The largest absolute Gasteiger partial charge is 0.466 e. The van der Waals surface area contributed by atoms with Gasteiger partial charge in [0.05, 0.1) is 12.1 Å². The van der Waals surface area contributed by atoms with E-state index < -0.39 is 24.0 Å². The molecule has 2 nitrogen and oxygen atoms in total. The van der Waals surface area contributed by atoms with Crippen LogP contribution >= 0.6 is 0 Å². The summed E-state index contributed by atoms with van der Waals surface area (Å²) >= 11 is 0. The number of ether oxygens (including phenoxy) is 1. The Labute approximate surface area is 130 Å². The molecule has 0 radical (unpaired) electrons. The molecule has 0 N–H and O–H groups in total. The molecular formula is C17H13F4NO. The molecule has 0 aromatic heterocycles. The highest BCUT2D eigenvalue weighted by atomic mass is 19.4. The van der Waals surface area contributed by atoms with Gasteiger partial charge in [0.15, 0.2) is 0 Å². The van der Waals surface area contributed by atoms with Crippen molar-refractivity contribution in [3.8, 4) is 0 Å². The maximum Gasteiger partial charge on any atom is 0.393 e. The van der Waals surface area contributed by atoms with Gasteiger partial charge in [-0.3, -0.25) is 0 Å².